The molecule has 0 saturated carbocycles. The molecular formula is C6H7N5S. The molecular weight excluding hydrogens is 174 g/mol. The topological polar surface area (TPSA) is 62.2 Å². The number of hydrogen-bond donors (Lipinski definition) is 2. The molecule has 0 aromatic carbocycles. The third-order valence-electron chi connectivity index (χ3n) is 1.43. The summed E-state index contributed by atoms with van der Waals surface area (Å²) in [6, 6.07) is 0. The van der Waals surface area contributed by atoms with E-state index < -0.39 is 0 Å². The molecule has 0 radical (unpaired) electrons. The van der Waals surface area contributed by atoms with E-state index in [0.717, 1.165) is 16.5 Å². The van der Waals surface area contributed by atoms with Gasteiger partial charge in [-0.3, -0.25) is 10.9 Å². The maximum Gasteiger partial charge on any atom is 0.175 e. The average molecular weight is 181 g/mol. The smallest absolute Gasteiger partial charge is 0.175 e. The summed E-state index contributed by atoms with van der Waals surface area (Å²) in [5, 5.41) is 0.880. The van der Waals surface area contributed by atoms with Crippen LogP contribution in [0.2, 0.25) is 0 Å². The maximum atomic E-state index is 4.12. The van der Waals surface area contributed by atoms with Crippen molar-refractivity contribution in [2.24, 2.45) is 4.99 Å². The molecule has 0 unspecified atom stereocenters. The molecule has 0 spiro atoms. The quantitative estimate of drug-likeness (QED) is 0.495. The van der Waals surface area contributed by atoms with Crippen molar-refractivity contribution in [1.82, 2.24) is 15.4 Å². The molecule has 2 N–H and O–H groups in total. The van der Waals surface area contributed by atoms with Gasteiger partial charge in [0.05, 0.1) is 0 Å². The molecule has 1 aromatic rings. The first-order valence-corrected chi connectivity index (χ1v) is 4.57. The van der Waals surface area contributed by atoms with Crippen molar-refractivity contribution in [3.8, 4) is 0 Å². The van der Waals surface area contributed by atoms with E-state index in [0.29, 0.717) is 0 Å². The van der Waals surface area contributed by atoms with Crippen LogP contribution in [0.4, 0.5) is 11.5 Å². The summed E-state index contributed by atoms with van der Waals surface area (Å²) < 4.78 is 0. The van der Waals surface area contributed by atoms with Crippen molar-refractivity contribution < 1.29 is 0 Å². The molecule has 1 aliphatic rings. The third kappa shape index (κ3) is 1.10. The Morgan fingerprint density at radius 2 is 2.33 bits per heavy atom. The Balaban J connectivity index is 2.54. The van der Waals surface area contributed by atoms with Crippen LogP contribution in [0.1, 0.15) is 0 Å². The van der Waals surface area contributed by atoms with Crippen LogP contribution in [-0.4, -0.2) is 22.6 Å². The summed E-state index contributed by atoms with van der Waals surface area (Å²) in [7, 11) is 0. The lowest BCUT2D eigenvalue weighted by Crippen LogP contribution is -2.23. The molecule has 0 bridgehead atoms. The number of rotatable bonds is 1. The molecule has 1 aliphatic heterocycles. The Kier molecular flexibility index (Phi) is 1.83. The van der Waals surface area contributed by atoms with Gasteiger partial charge in [-0.1, -0.05) is 0 Å². The molecule has 2 heterocycles. The lowest BCUT2D eigenvalue weighted by molar-refractivity contribution is 0.988. The minimum absolute atomic E-state index is 0.719. The second kappa shape index (κ2) is 2.98. The van der Waals surface area contributed by atoms with Crippen molar-refractivity contribution in [1.29, 1.82) is 0 Å². The van der Waals surface area contributed by atoms with Gasteiger partial charge in [0.1, 0.15) is 23.4 Å². The van der Waals surface area contributed by atoms with Gasteiger partial charge in [0, 0.05) is 0 Å². The number of thioether (sulfide) groups is 1. The van der Waals surface area contributed by atoms with E-state index in [-0.39, 0.29) is 0 Å². The lowest BCUT2D eigenvalue weighted by atomic mass is 10.5. The van der Waals surface area contributed by atoms with Crippen molar-refractivity contribution in [2.45, 2.75) is 5.03 Å². The van der Waals surface area contributed by atoms with E-state index in [2.05, 4.69) is 25.8 Å². The number of fused-ring (bicyclic) bond motifs is 1. The SMILES string of the molecule is CSc1ncnc2c1N=CNN2. The Morgan fingerprint density at radius 3 is 3.17 bits per heavy atom. The number of aliphatic imine (C=N–C) groups is 1. The third-order valence-corrected chi connectivity index (χ3v) is 2.12. The average Bonchev–Trinajstić information content (AvgIpc) is 2.17. The number of nitrogens with zero attached hydrogens (tertiary/aromatic N) is 3. The van der Waals surface area contributed by atoms with Crippen molar-refractivity contribution in [2.75, 3.05) is 11.7 Å². The number of nitrogens with one attached hydrogen (secondary N) is 2. The van der Waals surface area contributed by atoms with E-state index in [1.165, 1.54) is 6.33 Å². The van der Waals surface area contributed by atoms with Gasteiger partial charge in [0.25, 0.3) is 0 Å². The highest BCUT2D eigenvalue weighted by Gasteiger charge is 2.10. The molecule has 6 heteroatoms. The zero-order valence-corrected chi connectivity index (χ0v) is 7.22. The summed E-state index contributed by atoms with van der Waals surface area (Å²) >= 11 is 1.55. The van der Waals surface area contributed by atoms with Gasteiger partial charge in [0.2, 0.25) is 0 Å². The fourth-order valence-corrected chi connectivity index (χ4v) is 1.41. The normalized spacial score (nSPS) is 13.1. The van der Waals surface area contributed by atoms with Crippen LogP contribution in [0.15, 0.2) is 16.3 Å². The van der Waals surface area contributed by atoms with Crippen LogP contribution in [0.25, 0.3) is 0 Å². The van der Waals surface area contributed by atoms with Crippen molar-refractivity contribution >= 4 is 29.6 Å². The Labute approximate surface area is 73.7 Å². The molecule has 62 valence electrons. The van der Waals surface area contributed by atoms with Gasteiger partial charge >= 0.3 is 0 Å². The van der Waals surface area contributed by atoms with Crippen LogP contribution < -0.4 is 10.9 Å². The van der Waals surface area contributed by atoms with Gasteiger partial charge in [0.15, 0.2) is 5.82 Å². The van der Waals surface area contributed by atoms with Crippen LogP contribution in [-0.2, 0) is 0 Å². The van der Waals surface area contributed by atoms with E-state index in [9.17, 15) is 0 Å². The Hall–Kier alpha value is -1.30. The highest BCUT2D eigenvalue weighted by Crippen LogP contribution is 2.31. The highest BCUT2D eigenvalue weighted by molar-refractivity contribution is 7.98. The standard InChI is InChI=1S/C6H7N5S/c1-12-6-4-5(8-2-9-6)11-10-3-7-4/h2-3H,1H3,(H,7,10)(H,8,9,11). The number of anilines is 1. The zero-order chi connectivity index (χ0) is 8.39. The molecule has 2 rings (SSSR count). The number of hydrogen-bond acceptors (Lipinski definition) is 6. The Morgan fingerprint density at radius 1 is 1.42 bits per heavy atom. The van der Waals surface area contributed by atoms with Gasteiger partial charge in [-0.2, -0.15) is 0 Å². The second-order valence-corrected chi connectivity index (χ2v) is 2.90. The summed E-state index contributed by atoms with van der Waals surface area (Å²) in [5.74, 6) is 0.719. The maximum absolute atomic E-state index is 4.12. The fraction of sp³-hybridized carbons (Fsp3) is 0.167. The predicted molar refractivity (Wildman–Crippen MR) is 48.7 cm³/mol. The molecule has 0 fully saturated rings. The first kappa shape index (κ1) is 7.35. The van der Waals surface area contributed by atoms with Gasteiger partial charge < -0.3 is 0 Å². The van der Waals surface area contributed by atoms with Gasteiger partial charge in [-0.15, -0.1) is 11.8 Å². The predicted octanol–water partition coefficient (Wildman–Crippen LogP) is 0.788. The van der Waals surface area contributed by atoms with Crippen LogP contribution in [0, 0.1) is 0 Å². The van der Waals surface area contributed by atoms with Crippen molar-refractivity contribution in [3.63, 3.8) is 0 Å². The van der Waals surface area contributed by atoms with Gasteiger partial charge in [-0.05, 0) is 6.26 Å². The molecule has 12 heavy (non-hydrogen) atoms. The molecule has 0 aliphatic carbocycles. The van der Waals surface area contributed by atoms with Crippen molar-refractivity contribution in [3.05, 3.63) is 6.33 Å². The zero-order valence-electron chi connectivity index (χ0n) is 6.40. The number of aromatic nitrogens is 2. The second-order valence-electron chi connectivity index (χ2n) is 2.11. The lowest BCUT2D eigenvalue weighted by Gasteiger charge is -2.12. The van der Waals surface area contributed by atoms with Gasteiger partial charge in [-0.25, -0.2) is 15.0 Å². The van der Waals surface area contributed by atoms with E-state index in [1.54, 1.807) is 18.1 Å². The fourth-order valence-electron chi connectivity index (χ4n) is 0.917. The molecule has 0 saturated heterocycles. The monoisotopic (exact) mass is 181 g/mol. The van der Waals surface area contributed by atoms with E-state index >= 15 is 0 Å². The molecule has 0 atom stereocenters. The van der Waals surface area contributed by atoms with Crippen LogP contribution in [0.5, 0.6) is 0 Å². The largest absolute Gasteiger partial charge is 0.289 e. The molecule has 0 amide bonds. The minimum Gasteiger partial charge on any atom is -0.289 e. The van der Waals surface area contributed by atoms with E-state index in [1.807, 2.05) is 6.26 Å². The minimum atomic E-state index is 0.719. The summed E-state index contributed by atoms with van der Waals surface area (Å²) in [5.41, 5.74) is 6.42. The Bertz CT molecular complexity index is 324. The highest BCUT2D eigenvalue weighted by atomic mass is 32.2. The summed E-state index contributed by atoms with van der Waals surface area (Å²) in [6.07, 6.45) is 5.05. The first-order chi connectivity index (χ1) is 5.92. The van der Waals surface area contributed by atoms with Crippen LogP contribution in [0.3, 0.4) is 0 Å². The summed E-state index contributed by atoms with van der Waals surface area (Å²) in [6.45, 7) is 0. The summed E-state index contributed by atoms with van der Waals surface area (Å²) in [4.78, 5) is 12.2. The van der Waals surface area contributed by atoms with E-state index in [4.69, 9.17) is 0 Å². The first-order valence-electron chi connectivity index (χ1n) is 3.35. The number of hydrazine groups is 1. The van der Waals surface area contributed by atoms with Crippen LogP contribution >= 0.6 is 11.8 Å². The molecule has 1 aromatic heterocycles. The molecule has 5 nitrogen and oxygen atoms in total.